The number of rotatable bonds is 4. The summed E-state index contributed by atoms with van der Waals surface area (Å²) < 4.78 is 7.21. The van der Waals surface area contributed by atoms with Crippen molar-refractivity contribution in [3.05, 3.63) is 188 Å². The molecule has 238 valence electrons. The van der Waals surface area contributed by atoms with Gasteiger partial charge in [0, 0.05) is 49.4 Å². The van der Waals surface area contributed by atoms with Crippen molar-refractivity contribution in [2.75, 3.05) is 0 Å². The fourth-order valence-electron chi connectivity index (χ4n) is 8.39. The van der Waals surface area contributed by atoms with Gasteiger partial charge in [0.25, 0.3) is 0 Å². The highest BCUT2D eigenvalue weighted by molar-refractivity contribution is 6.12. The molecule has 8 aromatic carbocycles. The zero-order chi connectivity index (χ0) is 33.5. The molecule has 0 aliphatic carbocycles. The summed E-state index contributed by atoms with van der Waals surface area (Å²) in [6, 6.07) is 68.4. The maximum Gasteiger partial charge on any atom is 0.0561 e. The van der Waals surface area contributed by atoms with E-state index in [0.29, 0.717) is 0 Å². The Kier molecular flexibility index (Phi) is 5.96. The molecule has 0 N–H and O–H groups in total. The fraction of sp³-hybridized carbons (Fsp3) is 0. The normalized spacial score (nSPS) is 11.9. The molecular weight excluding hydrogens is 619 g/mol. The lowest BCUT2D eigenvalue weighted by atomic mass is 10.0. The summed E-state index contributed by atoms with van der Waals surface area (Å²) in [7, 11) is 0. The predicted molar refractivity (Wildman–Crippen MR) is 215 cm³/mol. The minimum Gasteiger partial charge on any atom is -0.309 e. The van der Waals surface area contributed by atoms with Crippen molar-refractivity contribution in [2.45, 2.75) is 0 Å². The van der Waals surface area contributed by atoms with E-state index in [-0.39, 0.29) is 0 Å². The van der Waals surface area contributed by atoms with Gasteiger partial charge in [-0.15, -0.1) is 0 Å². The van der Waals surface area contributed by atoms with Gasteiger partial charge in [0.2, 0.25) is 0 Å². The van der Waals surface area contributed by atoms with Crippen LogP contribution in [0.15, 0.2) is 188 Å². The first-order valence-corrected chi connectivity index (χ1v) is 17.5. The number of nitrogens with zero attached hydrogens (tertiary/aromatic N) is 3. The first-order valence-electron chi connectivity index (χ1n) is 17.5. The fourth-order valence-corrected chi connectivity index (χ4v) is 8.39. The highest BCUT2D eigenvalue weighted by Crippen LogP contribution is 2.38. The third kappa shape index (κ3) is 4.12. The molecule has 3 heteroatoms. The molecule has 0 saturated heterocycles. The summed E-state index contributed by atoms with van der Waals surface area (Å²) in [6.45, 7) is 0. The number of benzene rings is 8. The van der Waals surface area contributed by atoms with Gasteiger partial charge >= 0.3 is 0 Å². The molecular formula is C48H31N3. The predicted octanol–water partition coefficient (Wildman–Crippen LogP) is 12.6. The highest BCUT2D eigenvalue weighted by atomic mass is 15.0. The standard InChI is InChI=1S/C48H31N3/c1-2-12-34(13-3-1)49-43-18-8-6-16-39(43)41-28-24-33(30-47(41)49)32-22-25-35(26-23-32)50-44-19-9-7-17-40(44)42-29-27-36(31-48(42)50)51-45-20-10-4-14-37(45)38-15-5-11-21-46(38)51/h1-31H. The highest BCUT2D eigenvalue weighted by Gasteiger charge is 2.17. The molecule has 3 nitrogen and oxygen atoms in total. The molecule has 3 aromatic heterocycles. The lowest BCUT2D eigenvalue weighted by Crippen LogP contribution is -1.97. The zero-order valence-corrected chi connectivity index (χ0v) is 27.7. The lowest BCUT2D eigenvalue weighted by Gasteiger charge is -2.12. The largest absolute Gasteiger partial charge is 0.309 e. The van der Waals surface area contributed by atoms with Crippen LogP contribution >= 0.6 is 0 Å². The van der Waals surface area contributed by atoms with Crippen LogP contribution in [0.3, 0.4) is 0 Å². The van der Waals surface area contributed by atoms with E-state index in [1.165, 1.54) is 82.2 Å². The maximum absolute atomic E-state index is 2.42. The molecule has 0 radical (unpaired) electrons. The van der Waals surface area contributed by atoms with Gasteiger partial charge in [-0.25, -0.2) is 0 Å². The molecule has 51 heavy (non-hydrogen) atoms. The van der Waals surface area contributed by atoms with Crippen LogP contribution in [0.4, 0.5) is 0 Å². The zero-order valence-electron chi connectivity index (χ0n) is 27.7. The molecule has 11 aromatic rings. The van der Waals surface area contributed by atoms with Crippen LogP contribution in [0.2, 0.25) is 0 Å². The van der Waals surface area contributed by atoms with E-state index in [9.17, 15) is 0 Å². The summed E-state index contributed by atoms with van der Waals surface area (Å²) in [5.41, 5.74) is 13.1. The van der Waals surface area contributed by atoms with E-state index in [0.717, 1.165) is 11.4 Å². The maximum atomic E-state index is 2.42. The van der Waals surface area contributed by atoms with Crippen LogP contribution in [-0.4, -0.2) is 13.7 Å². The SMILES string of the molecule is c1ccc(-n2c3ccccc3c3ccc(-c4ccc(-n5c6ccccc6c6ccc(-n7c8ccccc8c8ccccc87)cc65)cc4)cc32)cc1. The molecule has 3 heterocycles. The minimum atomic E-state index is 1.14. The van der Waals surface area contributed by atoms with Gasteiger partial charge in [-0.2, -0.15) is 0 Å². The number of fused-ring (bicyclic) bond motifs is 9. The van der Waals surface area contributed by atoms with Gasteiger partial charge in [-0.05, 0) is 77.9 Å². The van der Waals surface area contributed by atoms with Gasteiger partial charge in [0.15, 0.2) is 0 Å². The van der Waals surface area contributed by atoms with E-state index in [4.69, 9.17) is 0 Å². The summed E-state index contributed by atoms with van der Waals surface area (Å²) in [5.74, 6) is 0. The lowest BCUT2D eigenvalue weighted by molar-refractivity contribution is 1.15. The van der Waals surface area contributed by atoms with Crippen molar-refractivity contribution < 1.29 is 0 Å². The van der Waals surface area contributed by atoms with Crippen molar-refractivity contribution in [1.29, 1.82) is 0 Å². The third-order valence-corrected chi connectivity index (χ3v) is 10.6. The molecule has 0 fully saturated rings. The average molecular weight is 650 g/mol. The van der Waals surface area contributed by atoms with Crippen molar-refractivity contribution in [3.8, 4) is 28.2 Å². The Bertz CT molecular complexity index is 3070. The van der Waals surface area contributed by atoms with Crippen LogP contribution in [-0.2, 0) is 0 Å². The van der Waals surface area contributed by atoms with Crippen molar-refractivity contribution in [1.82, 2.24) is 13.7 Å². The van der Waals surface area contributed by atoms with Gasteiger partial charge in [0.1, 0.15) is 0 Å². The summed E-state index contributed by atoms with van der Waals surface area (Å²) >= 11 is 0. The second kappa shape index (κ2) is 10.8. The number of para-hydroxylation sites is 5. The van der Waals surface area contributed by atoms with Gasteiger partial charge in [-0.1, -0.05) is 121 Å². The van der Waals surface area contributed by atoms with Crippen molar-refractivity contribution in [2.24, 2.45) is 0 Å². The molecule has 11 rings (SSSR count). The van der Waals surface area contributed by atoms with E-state index >= 15 is 0 Å². The van der Waals surface area contributed by atoms with Crippen LogP contribution < -0.4 is 0 Å². The van der Waals surface area contributed by atoms with Crippen molar-refractivity contribution in [3.63, 3.8) is 0 Å². The van der Waals surface area contributed by atoms with Crippen LogP contribution in [0, 0.1) is 0 Å². The Morgan fingerprint density at radius 3 is 1.10 bits per heavy atom. The smallest absolute Gasteiger partial charge is 0.0561 e. The second-order valence-corrected chi connectivity index (χ2v) is 13.4. The number of hydrogen-bond donors (Lipinski definition) is 0. The molecule has 0 aliphatic heterocycles. The summed E-state index contributed by atoms with van der Waals surface area (Å²) in [4.78, 5) is 0. The van der Waals surface area contributed by atoms with Gasteiger partial charge in [0.05, 0.1) is 33.1 Å². The minimum absolute atomic E-state index is 1.14. The van der Waals surface area contributed by atoms with E-state index < -0.39 is 0 Å². The number of hydrogen-bond acceptors (Lipinski definition) is 0. The Balaban J connectivity index is 1.08. The number of aromatic nitrogens is 3. The Hall–Kier alpha value is -6.84. The van der Waals surface area contributed by atoms with E-state index in [1.807, 2.05) is 0 Å². The quantitative estimate of drug-likeness (QED) is 0.180. The van der Waals surface area contributed by atoms with E-state index in [1.54, 1.807) is 0 Å². The van der Waals surface area contributed by atoms with Gasteiger partial charge < -0.3 is 13.7 Å². The summed E-state index contributed by atoms with van der Waals surface area (Å²) in [5, 5.41) is 7.57. The van der Waals surface area contributed by atoms with Crippen LogP contribution in [0.1, 0.15) is 0 Å². The Morgan fingerprint density at radius 2 is 0.569 bits per heavy atom. The monoisotopic (exact) mass is 649 g/mol. The molecule has 0 saturated carbocycles. The third-order valence-electron chi connectivity index (χ3n) is 10.6. The Morgan fingerprint density at radius 1 is 0.216 bits per heavy atom. The second-order valence-electron chi connectivity index (χ2n) is 13.4. The average Bonchev–Trinajstić information content (AvgIpc) is 3.83. The molecule has 0 spiro atoms. The van der Waals surface area contributed by atoms with Crippen LogP contribution in [0.25, 0.3) is 93.6 Å². The van der Waals surface area contributed by atoms with Crippen LogP contribution in [0.5, 0.6) is 0 Å². The first-order chi connectivity index (χ1) is 25.3. The van der Waals surface area contributed by atoms with Gasteiger partial charge in [-0.3, -0.25) is 0 Å². The van der Waals surface area contributed by atoms with Crippen molar-refractivity contribution >= 4 is 65.4 Å². The molecule has 0 bridgehead atoms. The summed E-state index contributed by atoms with van der Waals surface area (Å²) in [6.07, 6.45) is 0. The van der Waals surface area contributed by atoms with E-state index in [2.05, 4.69) is 202 Å². The first kappa shape index (κ1) is 28.0. The Labute approximate surface area is 294 Å². The molecule has 0 unspecified atom stereocenters. The molecule has 0 amide bonds. The molecule has 0 aliphatic rings. The topological polar surface area (TPSA) is 14.8 Å². The molecule has 0 atom stereocenters.